The van der Waals surface area contributed by atoms with Crippen molar-refractivity contribution in [3.63, 3.8) is 0 Å². The van der Waals surface area contributed by atoms with E-state index in [9.17, 15) is 0 Å². The maximum absolute atomic E-state index is 6.37. The highest BCUT2D eigenvalue weighted by Crippen LogP contribution is 2.48. The second-order valence-corrected chi connectivity index (χ2v) is 8.81. The summed E-state index contributed by atoms with van der Waals surface area (Å²) in [5, 5.41) is 0. The van der Waals surface area contributed by atoms with Crippen molar-refractivity contribution in [2.45, 2.75) is 63.6 Å². The van der Waals surface area contributed by atoms with Gasteiger partial charge in [0.05, 0.1) is 12.2 Å². The van der Waals surface area contributed by atoms with Crippen LogP contribution in [-0.2, 0) is 4.74 Å². The molecule has 3 nitrogen and oxygen atoms in total. The molecule has 0 heterocycles. The highest BCUT2D eigenvalue weighted by molar-refractivity contribution is 5.41. The number of benzene rings is 2. The van der Waals surface area contributed by atoms with Crippen molar-refractivity contribution in [1.29, 1.82) is 0 Å². The first-order chi connectivity index (χ1) is 13.0. The third-order valence-electron chi connectivity index (χ3n) is 6.39. The maximum atomic E-state index is 6.37. The zero-order valence-electron chi connectivity index (χ0n) is 16.5. The van der Waals surface area contributed by atoms with Gasteiger partial charge < -0.3 is 16.2 Å². The molecule has 0 aliphatic heterocycles. The van der Waals surface area contributed by atoms with Crippen LogP contribution in [0.4, 0.5) is 11.4 Å². The molecule has 0 spiro atoms. The fraction of sp³-hybridized carbons (Fsp3) is 0.500. The first-order valence-electron chi connectivity index (χ1n) is 10.4. The summed E-state index contributed by atoms with van der Waals surface area (Å²) in [5.41, 5.74) is 16.0. The fourth-order valence-corrected chi connectivity index (χ4v) is 4.32. The number of ether oxygens (including phenoxy) is 1. The van der Waals surface area contributed by atoms with Crippen LogP contribution in [-0.4, -0.2) is 12.2 Å². The summed E-state index contributed by atoms with van der Waals surface area (Å²) in [6.45, 7) is 4.63. The predicted molar refractivity (Wildman–Crippen MR) is 113 cm³/mol. The lowest BCUT2D eigenvalue weighted by atomic mass is 9.95. The second kappa shape index (κ2) is 7.55. The Balaban J connectivity index is 1.19. The van der Waals surface area contributed by atoms with E-state index < -0.39 is 0 Å². The van der Waals surface area contributed by atoms with Gasteiger partial charge in [-0.1, -0.05) is 38.1 Å². The molecule has 0 bridgehead atoms. The maximum Gasteiger partial charge on any atom is 0.0612 e. The molecule has 0 aromatic heterocycles. The Bertz CT molecular complexity index is 689. The van der Waals surface area contributed by atoms with Gasteiger partial charge in [0.25, 0.3) is 0 Å². The molecule has 4 unspecified atom stereocenters. The van der Waals surface area contributed by atoms with Crippen LogP contribution in [0.5, 0.6) is 0 Å². The predicted octanol–water partition coefficient (Wildman–Crippen LogP) is 5.33. The summed E-state index contributed by atoms with van der Waals surface area (Å²) in [4.78, 5) is 0. The Hall–Kier alpha value is -2.00. The molecule has 2 aliphatic rings. The summed E-state index contributed by atoms with van der Waals surface area (Å²) in [6.07, 6.45) is 5.87. The molecular formula is C24H32N2O. The Morgan fingerprint density at radius 2 is 1.11 bits per heavy atom. The van der Waals surface area contributed by atoms with Crippen molar-refractivity contribution >= 4 is 11.4 Å². The molecule has 2 aliphatic carbocycles. The normalized spacial score (nSPS) is 28.5. The molecule has 0 radical (unpaired) electrons. The standard InChI is InChI=1S/C24H32N2O/c1-15(17-3-7-21(25)8-4-17)11-19-13-23(19)27-24-14-20(24)12-16(2)18-5-9-22(26)10-6-18/h3-10,15-16,19-20,23-24H,11-14,25-26H2,1-2H3/t15?,16?,19-,20-,23?,24?/m1/s1. The van der Waals surface area contributed by atoms with Gasteiger partial charge in [-0.15, -0.1) is 0 Å². The third-order valence-corrected chi connectivity index (χ3v) is 6.39. The minimum Gasteiger partial charge on any atom is -0.399 e. The Kier molecular flexibility index (Phi) is 5.14. The van der Waals surface area contributed by atoms with Crippen LogP contribution >= 0.6 is 0 Å². The fourth-order valence-electron chi connectivity index (χ4n) is 4.32. The van der Waals surface area contributed by atoms with Crippen LogP contribution in [0.3, 0.4) is 0 Å². The quantitative estimate of drug-likeness (QED) is 0.622. The van der Waals surface area contributed by atoms with Crippen LogP contribution in [0, 0.1) is 11.8 Å². The Morgan fingerprint density at radius 1 is 0.741 bits per heavy atom. The highest BCUT2D eigenvalue weighted by Gasteiger charge is 2.47. The third kappa shape index (κ3) is 4.65. The van der Waals surface area contributed by atoms with E-state index in [-0.39, 0.29) is 0 Å². The van der Waals surface area contributed by atoms with Gasteiger partial charge in [-0.25, -0.2) is 0 Å². The van der Waals surface area contributed by atoms with E-state index >= 15 is 0 Å². The molecule has 2 aromatic rings. The minimum absolute atomic E-state index is 0.489. The molecule has 144 valence electrons. The molecule has 0 amide bonds. The van der Waals surface area contributed by atoms with Crippen LogP contribution in [0.25, 0.3) is 0 Å². The van der Waals surface area contributed by atoms with E-state index in [1.54, 1.807) is 0 Å². The summed E-state index contributed by atoms with van der Waals surface area (Å²) in [5.74, 6) is 2.61. The SMILES string of the molecule is CC(C[C@@H]1CC1OC1C[C@H]1CC(C)c1ccc(N)cc1)c1ccc(N)cc1. The molecule has 2 aromatic carbocycles. The van der Waals surface area contributed by atoms with Gasteiger partial charge in [0.15, 0.2) is 0 Å². The van der Waals surface area contributed by atoms with Gasteiger partial charge in [0.1, 0.15) is 0 Å². The van der Waals surface area contributed by atoms with E-state index in [2.05, 4.69) is 38.1 Å². The second-order valence-electron chi connectivity index (χ2n) is 8.81. The smallest absolute Gasteiger partial charge is 0.0612 e. The van der Waals surface area contributed by atoms with E-state index in [0.717, 1.165) is 23.2 Å². The molecule has 3 heteroatoms. The van der Waals surface area contributed by atoms with Gasteiger partial charge in [0, 0.05) is 11.4 Å². The van der Waals surface area contributed by atoms with Crippen molar-refractivity contribution in [3.8, 4) is 0 Å². The van der Waals surface area contributed by atoms with Crippen LogP contribution < -0.4 is 11.5 Å². The summed E-state index contributed by atoms with van der Waals surface area (Å²) >= 11 is 0. The van der Waals surface area contributed by atoms with Crippen molar-refractivity contribution in [2.24, 2.45) is 11.8 Å². The van der Waals surface area contributed by atoms with Crippen LogP contribution in [0.15, 0.2) is 48.5 Å². The summed E-state index contributed by atoms with van der Waals surface area (Å²) < 4.78 is 6.37. The molecular weight excluding hydrogens is 332 g/mol. The molecule has 4 rings (SSSR count). The first kappa shape index (κ1) is 18.4. The Morgan fingerprint density at radius 3 is 1.48 bits per heavy atom. The first-order valence-corrected chi connectivity index (χ1v) is 10.4. The van der Waals surface area contributed by atoms with E-state index in [1.807, 2.05) is 24.3 Å². The number of rotatable bonds is 8. The molecule has 27 heavy (non-hydrogen) atoms. The van der Waals surface area contributed by atoms with E-state index in [0.29, 0.717) is 24.0 Å². The lowest BCUT2D eigenvalue weighted by Gasteiger charge is -2.13. The number of nitrogen functional groups attached to an aromatic ring is 2. The average Bonchev–Trinajstić information content (AvgIpc) is 3.56. The monoisotopic (exact) mass is 364 g/mol. The topological polar surface area (TPSA) is 61.3 Å². The van der Waals surface area contributed by atoms with Gasteiger partial charge in [0.2, 0.25) is 0 Å². The lowest BCUT2D eigenvalue weighted by molar-refractivity contribution is 0.0814. The molecule has 6 atom stereocenters. The Labute approximate surface area is 163 Å². The number of nitrogens with two attached hydrogens (primary N) is 2. The highest BCUT2D eigenvalue weighted by atomic mass is 16.5. The number of hydrogen-bond donors (Lipinski definition) is 2. The van der Waals surface area contributed by atoms with Crippen molar-refractivity contribution < 1.29 is 4.74 Å². The van der Waals surface area contributed by atoms with Crippen LogP contribution in [0.1, 0.15) is 62.5 Å². The average molecular weight is 365 g/mol. The summed E-state index contributed by atoms with van der Waals surface area (Å²) in [6, 6.07) is 16.7. The van der Waals surface area contributed by atoms with Gasteiger partial charge in [-0.2, -0.15) is 0 Å². The van der Waals surface area contributed by atoms with E-state index in [1.165, 1.54) is 36.8 Å². The minimum atomic E-state index is 0.489. The zero-order chi connectivity index (χ0) is 19.0. The molecule has 0 saturated heterocycles. The van der Waals surface area contributed by atoms with Gasteiger partial charge in [-0.3, -0.25) is 0 Å². The zero-order valence-corrected chi connectivity index (χ0v) is 16.5. The molecule has 2 saturated carbocycles. The van der Waals surface area contributed by atoms with Crippen molar-refractivity contribution in [3.05, 3.63) is 59.7 Å². The largest absolute Gasteiger partial charge is 0.399 e. The van der Waals surface area contributed by atoms with Crippen molar-refractivity contribution in [1.82, 2.24) is 0 Å². The number of hydrogen-bond acceptors (Lipinski definition) is 3. The van der Waals surface area contributed by atoms with Crippen molar-refractivity contribution in [2.75, 3.05) is 11.5 Å². The van der Waals surface area contributed by atoms with Gasteiger partial charge >= 0.3 is 0 Å². The molecule has 4 N–H and O–H groups in total. The number of anilines is 2. The lowest BCUT2D eigenvalue weighted by Crippen LogP contribution is -2.05. The van der Waals surface area contributed by atoms with Gasteiger partial charge in [-0.05, 0) is 84.7 Å². The summed E-state index contributed by atoms with van der Waals surface area (Å²) in [7, 11) is 0. The van der Waals surface area contributed by atoms with Crippen LogP contribution in [0.2, 0.25) is 0 Å². The van der Waals surface area contributed by atoms with E-state index in [4.69, 9.17) is 16.2 Å². The molecule has 2 fully saturated rings.